The molecule has 1 aliphatic rings. The van der Waals surface area contributed by atoms with Crippen molar-refractivity contribution in [2.24, 2.45) is 11.8 Å². The summed E-state index contributed by atoms with van der Waals surface area (Å²) in [6.45, 7) is 8.75. The zero-order valence-corrected chi connectivity index (χ0v) is 10.8. The van der Waals surface area contributed by atoms with Crippen molar-refractivity contribution in [3.8, 4) is 0 Å². The molecule has 0 amide bonds. The van der Waals surface area contributed by atoms with Crippen LogP contribution in [0.5, 0.6) is 0 Å². The monoisotopic (exact) mass is 239 g/mol. The molecule has 1 fully saturated rings. The van der Waals surface area contributed by atoms with Crippen LogP contribution in [0.2, 0.25) is 0 Å². The molecule has 0 N–H and O–H groups in total. The molecule has 98 valence electrons. The number of likely N-dealkylation sites (tertiary alicyclic amines) is 1. The van der Waals surface area contributed by atoms with Crippen LogP contribution in [-0.4, -0.2) is 30.7 Å². The van der Waals surface area contributed by atoms with Crippen LogP contribution in [0.1, 0.15) is 40.5 Å². The predicted molar refractivity (Wildman–Crippen MR) is 61.4 cm³/mol. The summed E-state index contributed by atoms with van der Waals surface area (Å²) in [5.74, 6) is 1.21. The number of nitrogens with zero attached hydrogens (tertiary/aromatic N) is 1. The Bertz CT molecular complexity index is 170. The van der Waals surface area contributed by atoms with Crippen LogP contribution in [0.3, 0.4) is 0 Å². The van der Waals surface area contributed by atoms with Crippen LogP contribution in [0, 0.1) is 11.8 Å². The lowest BCUT2D eigenvalue weighted by molar-refractivity contribution is -0.149. The van der Waals surface area contributed by atoms with Gasteiger partial charge in [0, 0.05) is 0 Å². The molecule has 0 atom stereocenters. The van der Waals surface area contributed by atoms with Gasteiger partial charge in [-0.25, -0.2) is 0 Å². The Morgan fingerprint density at radius 2 is 1.56 bits per heavy atom. The molecule has 16 heavy (non-hydrogen) atoms. The van der Waals surface area contributed by atoms with E-state index in [4.69, 9.17) is 0 Å². The molecule has 0 aromatic heterocycles. The SMILES string of the molecule is CC.CC(C)C1CCN(CC(F)(F)F)CC1. The van der Waals surface area contributed by atoms with Gasteiger partial charge in [-0.3, -0.25) is 4.90 Å². The van der Waals surface area contributed by atoms with E-state index in [0.29, 0.717) is 24.9 Å². The van der Waals surface area contributed by atoms with Gasteiger partial charge in [0.2, 0.25) is 0 Å². The lowest BCUT2D eigenvalue weighted by Crippen LogP contribution is -2.40. The smallest absolute Gasteiger partial charge is 0.295 e. The molecule has 1 heterocycles. The normalized spacial score (nSPS) is 19.5. The predicted octanol–water partition coefficient (Wildman–Crippen LogP) is 3.94. The number of halogens is 3. The van der Waals surface area contributed by atoms with Crippen LogP contribution in [0.4, 0.5) is 13.2 Å². The molecule has 4 heteroatoms. The molecule has 0 aromatic carbocycles. The average molecular weight is 239 g/mol. The lowest BCUT2D eigenvalue weighted by atomic mass is 9.87. The Balaban J connectivity index is 0.00000106. The van der Waals surface area contributed by atoms with E-state index in [9.17, 15) is 13.2 Å². The van der Waals surface area contributed by atoms with Crippen molar-refractivity contribution in [3.05, 3.63) is 0 Å². The Hall–Kier alpha value is -0.250. The number of hydrogen-bond donors (Lipinski definition) is 0. The van der Waals surface area contributed by atoms with Crippen molar-refractivity contribution in [3.63, 3.8) is 0 Å². The maximum absolute atomic E-state index is 12.1. The van der Waals surface area contributed by atoms with E-state index in [0.717, 1.165) is 12.8 Å². The van der Waals surface area contributed by atoms with E-state index in [1.807, 2.05) is 13.8 Å². The highest BCUT2D eigenvalue weighted by Gasteiger charge is 2.32. The van der Waals surface area contributed by atoms with Crippen molar-refractivity contribution in [1.82, 2.24) is 4.90 Å². The maximum atomic E-state index is 12.1. The van der Waals surface area contributed by atoms with E-state index in [1.165, 1.54) is 4.90 Å². The van der Waals surface area contributed by atoms with Gasteiger partial charge in [0.15, 0.2) is 0 Å². The minimum atomic E-state index is -4.04. The summed E-state index contributed by atoms with van der Waals surface area (Å²) in [7, 11) is 0. The molecule has 1 aliphatic heterocycles. The Morgan fingerprint density at radius 1 is 1.12 bits per heavy atom. The van der Waals surface area contributed by atoms with Crippen LogP contribution in [0.15, 0.2) is 0 Å². The van der Waals surface area contributed by atoms with Gasteiger partial charge in [0.1, 0.15) is 0 Å². The average Bonchev–Trinajstić information content (AvgIpc) is 2.19. The van der Waals surface area contributed by atoms with Gasteiger partial charge in [0.05, 0.1) is 6.54 Å². The first-order chi connectivity index (χ1) is 7.38. The summed E-state index contributed by atoms with van der Waals surface area (Å²) in [5, 5.41) is 0. The Morgan fingerprint density at radius 3 is 1.88 bits per heavy atom. The Kier molecular flexibility index (Phi) is 7.04. The summed E-state index contributed by atoms with van der Waals surface area (Å²) < 4.78 is 36.2. The first-order valence-corrected chi connectivity index (χ1v) is 6.17. The van der Waals surface area contributed by atoms with Gasteiger partial charge in [-0.1, -0.05) is 27.7 Å². The summed E-state index contributed by atoms with van der Waals surface area (Å²) in [6.07, 6.45) is -2.22. The Labute approximate surface area is 97.0 Å². The van der Waals surface area contributed by atoms with Crippen molar-refractivity contribution in [2.75, 3.05) is 19.6 Å². The van der Waals surface area contributed by atoms with E-state index in [-0.39, 0.29) is 0 Å². The maximum Gasteiger partial charge on any atom is 0.401 e. The van der Waals surface area contributed by atoms with Crippen LogP contribution in [-0.2, 0) is 0 Å². The van der Waals surface area contributed by atoms with Gasteiger partial charge in [0.25, 0.3) is 0 Å². The molecule has 1 saturated heterocycles. The summed E-state index contributed by atoms with van der Waals surface area (Å²) >= 11 is 0. The molecule has 0 radical (unpaired) electrons. The van der Waals surface area contributed by atoms with Crippen LogP contribution >= 0.6 is 0 Å². The standard InChI is InChI=1S/C10H18F3N.C2H6/c1-8(2)9-3-5-14(6-4-9)7-10(11,12)13;1-2/h8-9H,3-7H2,1-2H3;1-2H3. The lowest BCUT2D eigenvalue weighted by Gasteiger charge is -2.34. The topological polar surface area (TPSA) is 3.24 Å². The fourth-order valence-electron chi connectivity index (χ4n) is 2.03. The van der Waals surface area contributed by atoms with E-state index in [2.05, 4.69) is 13.8 Å². The molecule has 1 rings (SSSR count). The van der Waals surface area contributed by atoms with Gasteiger partial charge >= 0.3 is 6.18 Å². The van der Waals surface area contributed by atoms with Crippen molar-refractivity contribution < 1.29 is 13.2 Å². The highest BCUT2D eigenvalue weighted by molar-refractivity contribution is 4.75. The van der Waals surface area contributed by atoms with Crippen LogP contribution in [0.25, 0.3) is 0 Å². The number of alkyl halides is 3. The van der Waals surface area contributed by atoms with Gasteiger partial charge in [-0.15, -0.1) is 0 Å². The second kappa shape index (κ2) is 7.15. The fourth-order valence-corrected chi connectivity index (χ4v) is 2.03. The van der Waals surface area contributed by atoms with Crippen molar-refractivity contribution >= 4 is 0 Å². The first-order valence-electron chi connectivity index (χ1n) is 6.17. The molecule has 0 aromatic rings. The third-order valence-corrected chi connectivity index (χ3v) is 2.98. The highest BCUT2D eigenvalue weighted by atomic mass is 19.4. The third kappa shape index (κ3) is 6.36. The molecular weight excluding hydrogens is 215 g/mol. The van der Waals surface area contributed by atoms with Crippen LogP contribution < -0.4 is 0 Å². The van der Waals surface area contributed by atoms with E-state index >= 15 is 0 Å². The van der Waals surface area contributed by atoms with E-state index < -0.39 is 12.7 Å². The molecule has 1 nitrogen and oxygen atoms in total. The zero-order valence-electron chi connectivity index (χ0n) is 10.8. The zero-order chi connectivity index (χ0) is 12.8. The molecular formula is C12H24F3N. The van der Waals surface area contributed by atoms with E-state index in [1.54, 1.807) is 0 Å². The fraction of sp³-hybridized carbons (Fsp3) is 1.00. The number of hydrogen-bond acceptors (Lipinski definition) is 1. The minimum Gasteiger partial charge on any atom is -0.295 e. The molecule has 0 aliphatic carbocycles. The molecule has 0 spiro atoms. The highest BCUT2D eigenvalue weighted by Crippen LogP contribution is 2.26. The third-order valence-electron chi connectivity index (χ3n) is 2.98. The second-order valence-electron chi connectivity index (χ2n) is 4.47. The summed E-state index contributed by atoms with van der Waals surface area (Å²) in [4.78, 5) is 1.51. The second-order valence-corrected chi connectivity index (χ2v) is 4.47. The quantitative estimate of drug-likeness (QED) is 0.705. The molecule has 0 saturated carbocycles. The largest absolute Gasteiger partial charge is 0.401 e. The number of piperidine rings is 1. The van der Waals surface area contributed by atoms with Gasteiger partial charge in [-0.2, -0.15) is 13.2 Å². The van der Waals surface area contributed by atoms with Gasteiger partial charge in [-0.05, 0) is 37.8 Å². The number of rotatable bonds is 2. The molecule has 0 bridgehead atoms. The summed E-state index contributed by atoms with van der Waals surface area (Å²) in [6, 6.07) is 0. The molecule has 0 unspecified atom stereocenters. The van der Waals surface area contributed by atoms with Crippen molar-refractivity contribution in [2.45, 2.75) is 46.7 Å². The minimum absolute atomic E-state index is 0.600. The van der Waals surface area contributed by atoms with Crippen molar-refractivity contribution in [1.29, 1.82) is 0 Å². The van der Waals surface area contributed by atoms with Gasteiger partial charge < -0.3 is 0 Å². The summed E-state index contributed by atoms with van der Waals surface area (Å²) in [5.41, 5.74) is 0. The first kappa shape index (κ1) is 15.8.